The van der Waals surface area contributed by atoms with Gasteiger partial charge in [-0.15, -0.1) is 0 Å². The number of halogens is 8. The van der Waals surface area contributed by atoms with Gasteiger partial charge < -0.3 is 27.6 Å². The molecule has 0 aliphatic carbocycles. The third-order valence-corrected chi connectivity index (χ3v) is 14.3. The molecule has 53 heavy (non-hydrogen) atoms. The van der Waals surface area contributed by atoms with Crippen LogP contribution in [-0.4, -0.2) is 45.3 Å². The second kappa shape index (κ2) is 19.6. The number of anilines is 4. The minimum atomic E-state index is -3.53. The zero-order valence-corrected chi connectivity index (χ0v) is 35.2. The van der Waals surface area contributed by atoms with Crippen molar-refractivity contribution >= 4 is 133 Å². The van der Waals surface area contributed by atoms with Crippen molar-refractivity contribution in [3.8, 4) is 0 Å². The third-order valence-electron chi connectivity index (χ3n) is 6.91. The molecule has 0 aliphatic heterocycles. The first-order chi connectivity index (χ1) is 24.5. The van der Waals surface area contributed by atoms with Gasteiger partial charge in [0, 0.05) is 0 Å². The lowest BCUT2D eigenvalue weighted by molar-refractivity contribution is -0.136. The Morgan fingerprint density at radius 2 is 1.13 bits per heavy atom. The predicted molar refractivity (Wildman–Crippen MR) is 213 cm³/mol. The molecule has 1 amide bonds. The van der Waals surface area contributed by atoms with Crippen LogP contribution in [0.3, 0.4) is 0 Å². The van der Waals surface area contributed by atoms with E-state index in [0.29, 0.717) is 30.4 Å². The molecule has 8 N–H and O–H groups in total. The molecular formula is C32H30Br2Cl4F2N4O7S2. The Morgan fingerprint density at radius 1 is 0.717 bits per heavy atom. The van der Waals surface area contributed by atoms with Crippen molar-refractivity contribution < 1.29 is 40.3 Å². The maximum Gasteiger partial charge on any atom is 0.307 e. The number of carboxylic acids is 1. The number of carbonyl (C=O) groups is 2. The van der Waals surface area contributed by atoms with E-state index in [0.717, 1.165) is 12.1 Å². The number of nitrogens with two attached hydrogens (primary N) is 3. The van der Waals surface area contributed by atoms with Gasteiger partial charge in [0.05, 0.1) is 85.9 Å². The van der Waals surface area contributed by atoms with E-state index in [1.54, 1.807) is 6.07 Å². The van der Waals surface area contributed by atoms with E-state index in [2.05, 4.69) is 37.2 Å². The Kier molecular flexibility index (Phi) is 17.1. The molecule has 4 aromatic carbocycles. The summed E-state index contributed by atoms with van der Waals surface area (Å²) in [6, 6.07) is 9.67. The minimum Gasteiger partial charge on any atom is -0.481 e. The summed E-state index contributed by atoms with van der Waals surface area (Å²) in [4.78, 5) is 22.3. The van der Waals surface area contributed by atoms with Crippen LogP contribution in [0.1, 0.15) is 25.0 Å². The first-order valence-electron chi connectivity index (χ1n) is 14.6. The number of benzene rings is 4. The molecule has 4 rings (SSSR count). The van der Waals surface area contributed by atoms with Gasteiger partial charge in [0.1, 0.15) is 11.6 Å². The van der Waals surface area contributed by atoms with Crippen molar-refractivity contribution in [2.24, 2.45) is 0 Å². The Labute approximate surface area is 341 Å². The number of aliphatic carboxylic acids is 1. The molecular weight excluding hydrogens is 956 g/mol. The molecule has 0 spiro atoms. The van der Waals surface area contributed by atoms with Gasteiger partial charge in [-0.1, -0.05) is 72.4 Å². The molecule has 0 fully saturated rings. The Balaban J connectivity index is 0.000000305. The number of carboxylic acid groups (broad SMARTS) is 1. The third kappa shape index (κ3) is 12.6. The van der Waals surface area contributed by atoms with Crippen LogP contribution in [0.25, 0.3) is 0 Å². The molecule has 11 nitrogen and oxygen atoms in total. The zero-order valence-electron chi connectivity index (χ0n) is 27.4. The number of nitrogens with one attached hydrogen (secondary N) is 1. The van der Waals surface area contributed by atoms with E-state index in [4.69, 9.17) is 68.7 Å². The molecule has 0 bridgehead atoms. The summed E-state index contributed by atoms with van der Waals surface area (Å²) in [5.74, 6) is -3.59. The van der Waals surface area contributed by atoms with Crippen LogP contribution in [0.5, 0.6) is 0 Å². The lowest BCUT2D eigenvalue weighted by Gasteiger charge is -2.13. The molecule has 0 saturated carbocycles. The summed E-state index contributed by atoms with van der Waals surface area (Å²) in [6.07, 6.45) is -0.785. The summed E-state index contributed by atoms with van der Waals surface area (Å²) in [5, 5.41) is 12.2. The standard InChI is InChI=1S/C16H14BrCl2FN2O3S.C10H11FO4S.C6H5BrCl2N2/c1-2-26(24,25)9-4-3-8(11(20)6-9)5-13(23)22-16-12(21)7-10(18)14(17)15(16)19;1-2-16(14,15)8-4-3-7(5-10(12)13)9(11)6-8;7-4-2(8)1-3(10)6(11)5(4)9/h3-4,6-7H,2,5,21H2,1H3,(H,22,23);3-4,6H,2,5H2,1H3,(H,12,13);1H,10-11H2. The van der Waals surface area contributed by atoms with Gasteiger partial charge in [-0.2, -0.15) is 0 Å². The van der Waals surface area contributed by atoms with Gasteiger partial charge in [-0.05, 0) is 79.4 Å². The first kappa shape index (κ1) is 46.3. The zero-order chi connectivity index (χ0) is 40.6. The largest absolute Gasteiger partial charge is 0.481 e. The van der Waals surface area contributed by atoms with E-state index in [9.17, 15) is 35.2 Å². The van der Waals surface area contributed by atoms with E-state index in [1.165, 1.54) is 44.2 Å². The average Bonchev–Trinajstić information content (AvgIpc) is 3.09. The fourth-order valence-electron chi connectivity index (χ4n) is 3.95. The monoisotopic (exact) mass is 982 g/mol. The molecule has 0 heterocycles. The fraction of sp³-hybridized carbons (Fsp3) is 0.188. The van der Waals surface area contributed by atoms with Crippen LogP contribution in [0.15, 0.2) is 67.3 Å². The number of hydrogen-bond acceptors (Lipinski definition) is 9. The highest BCUT2D eigenvalue weighted by Crippen LogP contribution is 2.40. The Hall–Kier alpha value is -2.90. The lowest BCUT2D eigenvalue weighted by Crippen LogP contribution is -2.17. The van der Waals surface area contributed by atoms with Crippen LogP contribution in [0.2, 0.25) is 20.1 Å². The molecule has 0 aliphatic rings. The van der Waals surface area contributed by atoms with Crippen molar-refractivity contribution in [3.63, 3.8) is 0 Å². The van der Waals surface area contributed by atoms with Crippen molar-refractivity contribution in [1.82, 2.24) is 0 Å². The van der Waals surface area contributed by atoms with Gasteiger partial charge in [-0.3, -0.25) is 9.59 Å². The first-order valence-corrected chi connectivity index (χ1v) is 21.0. The predicted octanol–water partition coefficient (Wildman–Crippen LogP) is 8.62. The Morgan fingerprint density at radius 3 is 1.55 bits per heavy atom. The van der Waals surface area contributed by atoms with Crippen molar-refractivity contribution in [2.45, 2.75) is 36.5 Å². The SMILES string of the molecule is CCS(=O)(=O)c1ccc(CC(=O)Nc2c(N)cc(Cl)c(Br)c2Cl)c(F)c1.CCS(=O)(=O)c1ccc(CC(=O)O)c(F)c1.Nc1cc(Cl)c(Br)c(Cl)c1N. The van der Waals surface area contributed by atoms with Crippen molar-refractivity contribution in [3.05, 3.63) is 100 Å². The Bertz CT molecular complexity index is 2250. The number of rotatable bonds is 9. The summed E-state index contributed by atoms with van der Waals surface area (Å²) in [5.41, 5.74) is 17.8. The highest BCUT2D eigenvalue weighted by molar-refractivity contribution is 9.11. The van der Waals surface area contributed by atoms with Gasteiger partial charge >= 0.3 is 5.97 Å². The molecule has 0 aromatic heterocycles. The number of nitrogen functional groups attached to an aromatic ring is 3. The number of hydrogen-bond donors (Lipinski definition) is 5. The second-order valence-corrected chi connectivity index (χ2v) is 18.3. The summed E-state index contributed by atoms with van der Waals surface area (Å²) in [7, 11) is -6.98. The maximum atomic E-state index is 14.2. The maximum absolute atomic E-state index is 14.2. The normalized spacial score (nSPS) is 11.1. The fourth-order valence-corrected chi connectivity index (χ4v) is 7.36. The second-order valence-electron chi connectivity index (χ2n) is 10.5. The molecule has 288 valence electrons. The van der Waals surface area contributed by atoms with Crippen LogP contribution < -0.4 is 22.5 Å². The number of sulfone groups is 2. The van der Waals surface area contributed by atoms with E-state index >= 15 is 0 Å². The summed E-state index contributed by atoms with van der Waals surface area (Å²) < 4.78 is 74.8. The average molecular weight is 986 g/mol. The van der Waals surface area contributed by atoms with E-state index in [-0.39, 0.29) is 60.3 Å². The lowest BCUT2D eigenvalue weighted by atomic mass is 10.1. The van der Waals surface area contributed by atoms with Crippen LogP contribution in [0, 0.1) is 11.6 Å². The van der Waals surface area contributed by atoms with Gasteiger partial charge in [0.2, 0.25) is 5.91 Å². The topological polar surface area (TPSA) is 213 Å². The van der Waals surface area contributed by atoms with Crippen LogP contribution in [-0.2, 0) is 42.1 Å². The molecule has 4 aromatic rings. The van der Waals surface area contributed by atoms with Crippen molar-refractivity contribution in [1.29, 1.82) is 0 Å². The highest BCUT2D eigenvalue weighted by atomic mass is 79.9. The molecule has 0 unspecified atom stereocenters. The molecule has 0 saturated heterocycles. The minimum absolute atomic E-state index is 0.0254. The van der Waals surface area contributed by atoms with E-state index < -0.39 is 49.6 Å². The molecule has 21 heteroatoms. The summed E-state index contributed by atoms with van der Waals surface area (Å²) in [6.45, 7) is 2.92. The van der Waals surface area contributed by atoms with Crippen LogP contribution in [0.4, 0.5) is 31.5 Å². The number of carbonyl (C=O) groups excluding carboxylic acids is 1. The van der Waals surface area contributed by atoms with Crippen molar-refractivity contribution in [2.75, 3.05) is 34.0 Å². The summed E-state index contributed by atoms with van der Waals surface area (Å²) >= 11 is 29.8. The quantitative estimate of drug-likeness (QED) is 0.0796. The van der Waals surface area contributed by atoms with Gasteiger partial charge in [-0.25, -0.2) is 25.6 Å². The van der Waals surface area contributed by atoms with E-state index in [1.807, 2.05) is 0 Å². The molecule has 0 atom stereocenters. The smallest absolute Gasteiger partial charge is 0.307 e. The number of amides is 1. The van der Waals surface area contributed by atoms with Gasteiger partial charge in [0.15, 0.2) is 19.7 Å². The highest BCUT2D eigenvalue weighted by Gasteiger charge is 2.19. The molecule has 0 radical (unpaired) electrons. The van der Waals surface area contributed by atoms with Gasteiger partial charge in [0.25, 0.3) is 0 Å². The van der Waals surface area contributed by atoms with Crippen LogP contribution >= 0.6 is 78.3 Å².